The van der Waals surface area contributed by atoms with Crippen molar-refractivity contribution in [3.05, 3.63) is 58.0 Å². The van der Waals surface area contributed by atoms with E-state index in [1.807, 2.05) is 36.4 Å². The van der Waals surface area contributed by atoms with E-state index in [-0.39, 0.29) is 11.2 Å². The normalized spacial score (nSPS) is 15.8. The van der Waals surface area contributed by atoms with E-state index in [4.69, 9.17) is 14.7 Å². The van der Waals surface area contributed by atoms with Gasteiger partial charge < -0.3 is 4.74 Å². The third-order valence-corrected chi connectivity index (χ3v) is 5.32. The zero-order chi connectivity index (χ0) is 18.3. The smallest absolute Gasteiger partial charge is 0.268 e. The molecule has 0 spiro atoms. The van der Waals surface area contributed by atoms with Crippen LogP contribution in [-0.2, 0) is 17.8 Å². The van der Waals surface area contributed by atoms with Crippen LogP contribution in [0, 0.1) is 0 Å². The van der Waals surface area contributed by atoms with Gasteiger partial charge in [0.15, 0.2) is 10.8 Å². The van der Waals surface area contributed by atoms with Crippen molar-refractivity contribution in [1.82, 2.24) is 14.5 Å². The van der Waals surface area contributed by atoms with Crippen molar-refractivity contribution < 1.29 is 4.74 Å². The average Bonchev–Trinajstić information content (AvgIpc) is 2.61. The van der Waals surface area contributed by atoms with Gasteiger partial charge in [0.25, 0.3) is 5.56 Å². The van der Waals surface area contributed by atoms with E-state index in [9.17, 15) is 4.79 Å². The highest BCUT2D eigenvalue weighted by atomic mass is 32.2. The third kappa shape index (κ3) is 3.04. The summed E-state index contributed by atoms with van der Waals surface area (Å²) in [6, 6.07) is 11.5. The number of nitrogens with zero attached hydrogens (tertiary/aromatic N) is 3. The molecule has 5 nitrogen and oxygen atoms in total. The van der Waals surface area contributed by atoms with Gasteiger partial charge in [-0.2, -0.15) is 0 Å². The van der Waals surface area contributed by atoms with Crippen molar-refractivity contribution >= 4 is 22.8 Å². The van der Waals surface area contributed by atoms with E-state index < -0.39 is 0 Å². The van der Waals surface area contributed by atoms with Crippen molar-refractivity contribution in [2.45, 2.75) is 44.6 Å². The Balaban J connectivity index is 1.97. The summed E-state index contributed by atoms with van der Waals surface area (Å²) in [5.74, 6) is 0.830. The first-order valence-electron chi connectivity index (χ1n) is 8.76. The number of thioether (sulfide) groups is 1. The van der Waals surface area contributed by atoms with Crippen LogP contribution in [-0.4, -0.2) is 25.9 Å². The Morgan fingerprint density at radius 1 is 1.23 bits per heavy atom. The molecule has 6 heteroatoms. The number of pyridine rings is 1. The van der Waals surface area contributed by atoms with Gasteiger partial charge >= 0.3 is 0 Å². The van der Waals surface area contributed by atoms with Crippen molar-refractivity contribution in [1.29, 1.82) is 0 Å². The summed E-state index contributed by atoms with van der Waals surface area (Å²) in [6.07, 6.45) is 0.720. The molecule has 0 radical (unpaired) electrons. The van der Waals surface area contributed by atoms with E-state index in [1.165, 1.54) is 0 Å². The summed E-state index contributed by atoms with van der Waals surface area (Å²) in [5.41, 5.74) is 2.97. The number of benzene rings is 1. The van der Waals surface area contributed by atoms with Gasteiger partial charge in [-0.3, -0.25) is 9.36 Å². The van der Waals surface area contributed by atoms with Gasteiger partial charge in [-0.1, -0.05) is 36.9 Å². The van der Waals surface area contributed by atoms with Gasteiger partial charge in [0, 0.05) is 12.0 Å². The number of ether oxygens (including phenoxy) is 1. The maximum Gasteiger partial charge on any atom is 0.268 e. The molecule has 0 atom stereocenters. The predicted octanol–water partition coefficient (Wildman–Crippen LogP) is 3.74. The van der Waals surface area contributed by atoms with Crippen molar-refractivity contribution in [3.63, 3.8) is 0 Å². The SMILES string of the molecule is CCSc1nc2nc3c(cc2c(=O)n1-c1ccccc1)COC(C)(C)C3. The lowest BCUT2D eigenvalue weighted by molar-refractivity contribution is -0.0411. The fraction of sp³-hybridized carbons (Fsp3) is 0.350. The number of fused-ring (bicyclic) bond motifs is 2. The molecule has 0 bridgehead atoms. The van der Waals surface area contributed by atoms with E-state index in [0.717, 1.165) is 29.1 Å². The number of rotatable bonds is 3. The summed E-state index contributed by atoms with van der Waals surface area (Å²) in [7, 11) is 0. The summed E-state index contributed by atoms with van der Waals surface area (Å²) >= 11 is 1.55. The Labute approximate surface area is 156 Å². The molecule has 0 N–H and O–H groups in total. The van der Waals surface area contributed by atoms with Crippen LogP contribution in [0.4, 0.5) is 0 Å². The quantitative estimate of drug-likeness (QED) is 0.521. The van der Waals surface area contributed by atoms with Crippen LogP contribution in [0.3, 0.4) is 0 Å². The summed E-state index contributed by atoms with van der Waals surface area (Å²) in [6.45, 7) is 6.64. The second kappa shape index (κ2) is 6.52. The van der Waals surface area contributed by atoms with Crippen LogP contribution in [0.2, 0.25) is 0 Å². The Morgan fingerprint density at radius 3 is 2.73 bits per heavy atom. The molecule has 0 unspecified atom stereocenters. The van der Waals surface area contributed by atoms with Crippen LogP contribution in [0.15, 0.2) is 46.3 Å². The Morgan fingerprint density at radius 2 is 2.00 bits per heavy atom. The third-order valence-electron chi connectivity index (χ3n) is 4.50. The van der Waals surface area contributed by atoms with E-state index in [2.05, 4.69) is 20.8 Å². The highest BCUT2D eigenvalue weighted by Gasteiger charge is 2.28. The zero-order valence-electron chi connectivity index (χ0n) is 15.2. The molecule has 2 aromatic heterocycles. The molecule has 0 amide bonds. The van der Waals surface area contributed by atoms with Gasteiger partial charge in [-0.15, -0.1) is 0 Å². The summed E-state index contributed by atoms with van der Waals surface area (Å²) in [5, 5.41) is 1.21. The largest absolute Gasteiger partial charge is 0.370 e. The molecule has 4 rings (SSSR count). The number of hydrogen-bond donors (Lipinski definition) is 0. The number of hydrogen-bond acceptors (Lipinski definition) is 5. The highest BCUT2D eigenvalue weighted by Crippen LogP contribution is 2.28. The molecular weight excluding hydrogens is 346 g/mol. The minimum atomic E-state index is -0.242. The lowest BCUT2D eigenvalue weighted by atomic mass is 9.95. The Hall–Kier alpha value is -2.18. The Kier molecular flexibility index (Phi) is 4.32. The molecule has 26 heavy (non-hydrogen) atoms. The first-order valence-corrected chi connectivity index (χ1v) is 9.75. The molecular formula is C20H21N3O2S. The molecule has 0 saturated heterocycles. The molecule has 1 aliphatic rings. The van der Waals surface area contributed by atoms with Gasteiger partial charge in [-0.25, -0.2) is 9.97 Å². The van der Waals surface area contributed by atoms with Crippen molar-refractivity contribution in [2.75, 3.05) is 5.75 Å². The van der Waals surface area contributed by atoms with Crippen LogP contribution in [0.1, 0.15) is 32.0 Å². The monoisotopic (exact) mass is 367 g/mol. The van der Waals surface area contributed by atoms with Gasteiger partial charge in [0.05, 0.1) is 29.0 Å². The first-order chi connectivity index (χ1) is 12.5. The first kappa shape index (κ1) is 17.2. The topological polar surface area (TPSA) is 57.0 Å². The number of aromatic nitrogens is 3. The standard InChI is InChI=1S/C20H21N3O2S/c1-4-26-19-22-17-15(18(24)23(19)14-8-6-5-7-9-14)10-13-12-25-20(2,3)11-16(13)21-17/h5-10H,4,11-12H2,1-3H3. The zero-order valence-corrected chi connectivity index (χ0v) is 16.0. The fourth-order valence-corrected chi connectivity index (χ4v) is 3.94. The molecule has 1 aliphatic heterocycles. The van der Waals surface area contributed by atoms with E-state index >= 15 is 0 Å². The van der Waals surface area contributed by atoms with Gasteiger partial charge in [0.1, 0.15) is 0 Å². The van der Waals surface area contributed by atoms with Crippen LogP contribution in [0.25, 0.3) is 16.7 Å². The summed E-state index contributed by atoms with van der Waals surface area (Å²) < 4.78 is 7.56. The molecule has 3 heterocycles. The molecule has 0 aliphatic carbocycles. The fourth-order valence-electron chi connectivity index (χ4n) is 3.21. The molecule has 1 aromatic carbocycles. The maximum atomic E-state index is 13.3. The molecule has 3 aromatic rings. The second-order valence-corrected chi connectivity index (χ2v) is 8.23. The van der Waals surface area contributed by atoms with Crippen LogP contribution >= 0.6 is 11.8 Å². The van der Waals surface area contributed by atoms with E-state index in [1.54, 1.807) is 16.3 Å². The minimum Gasteiger partial charge on any atom is -0.370 e. The molecule has 0 saturated carbocycles. The van der Waals surface area contributed by atoms with Gasteiger partial charge in [-0.05, 0) is 37.8 Å². The maximum absolute atomic E-state index is 13.3. The number of para-hydroxylation sites is 1. The lowest BCUT2D eigenvalue weighted by Crippen LogP contribution is -2.33. The van der Waals surface area contributed by atoms with Gasteiger partial charge in [0.2, 0.25) is 0 Å². The molecule has 0 fully saturated rings. The lowest BCUT2D eigenvalue weighted by Gasteiger charge is -2.31. The van der Waals surface area contributed by atoms with E-state index in [0.29, 0.717) is 22.8 Å². The van der Waals surface area contributed by atoms with Crippen LogP contribution in [0.5, 0.6) is 0 Å². The average molecular weight is 367 g/mol. The van der Waals surface area contributed by atoms with Crippen molar-refractivity contribution in [2.24, 2.45) is 0 Å². The minimum absolute atomic E-state index is 0.0858. The predicted molar refractivity (Wildman–Crippen MR) is 104 cm³/mol. The molecule has 134 valence electrons. The Bertz CT molecular complexity index is 1030. The van der Waals surface area contributed by atoms with Crippen LogP contribution < -0.4 is 5.56 Å². The second-order valence-electron chi connectivity index (χ2n) is 6.99. The summed E-state index contributed by atoms with van der Waals surface area (Å²) in [4.78, 5) is 22.7. The highest BCUT2D eigenvalue weighted by molar-refractivity contribution is 7.99. The van der Waals surface area contributed by atoms with Crippen molar-refractivity contribution in [3.8, 4) is 5.69 Å².